The van der Waals surface area contributed by atoms with Crippen LogP contribution in [0.5, 0.6) is 0 Å². The third-order valence-electron chi connectivity index (χ3n) is 8.82. The zero-order valence-electron chi connectivity index (χ0n) is 21.5. The summed E-state index contributed by atoms with van der Waals surface area (Å²) in [6, 6.07) is 0. The van der Waals surface area contributed by atoms with Gasteiger partial charge >= 0.3 is 29.6 Å². The molecule has 5 heterocycles. The number of carbonyl (C=O) groups is 3. The van der Waals surface area contributed by atoms with Crippen LogP contribution in [0, 0.1) is 29.6 Å². The molecular weight excluding hydrogens is 477 g/mol. The number of carboxylic acids is 1. The van der Waals surface area contributed by atoms with E-state index in [0.717, 1.165) is 19.3 Å². The van der Waals surface area contributed by atoms with Crippen LogP contribution in [0.4, 0.5) is 0 Å². The molecule has 8 unspecified atom stereocenters. The number of nitrogens with zero attached hydrogens (tertiary/aromatic N) is 2. The maximum atomic E-state index is 13.5. The standard InChI is InChI=1S/C25H35N3O7.Na/c1-14-4-5-20-15(2)21(30)28(23-25(20)19(14)6-8-24(3,33-23)34-35-25)9-7-18(29)11-16(22(31)32)10-17-12-26-13-27-17;/h12-16,19-20,23H,4-11H2,1-3H3,(H,26,27)(H,31,32);/q;+1/p-1. The molecule has 10 nitrogen and oxygen atoms in total. The van der Waals surface area contributed by atoms with E-state index in [9.17, 15) is 19.5 Å². The first-order valence-corrected chi connectivity index (χ1v) is 12.7. The number of imidazole rings is 1. The Bertz CT molecular complexity index is 990. The van der Waals surface area contributed by atoms with Crippen LogP contribution < -0.4 is 34.7 Å². The SMILES string of the molecule is CC1CCC2C(C)C(=O)N(CCC(=O)CC(Cc3cnc[nH]3)C(=O)[O-])C3OC4(C)CCC1C23OO4.[Na+]. The maximum Gasteiger partial charge on any atom is 1.00 e. The molecule has 1 amide bonds. The van der Waals surface area contributed by atoms with Gasteiger partial charge in [0.2, 0.25) is 11.7 Å². The quantitative estimate of drug-likeness (QED) is 0.325. The van der Waals surface area contributed by atoms with E-state index in [0.29, 0.717) is 18.0 Å². The molecule has 8 atom stereocenters. The van der Waals surface area contributed by atoms with Crippen LogP contribution in [0.3, 0.4) is 0 Å². The van der Waals surface area contributed by atoms with E-state index in [1.807, 2.05) is 13.8 Å². The van der Waals surface area contributed by atoms with Gasteiger partial charge in [-0.3, -0.25) is 9.59 Å². The molecule has 1 aromatic heterocycles. The number of ether oxygens (including phenoxy) is 1. The summed E-state index contributed by atoms with van der Waals surface area (Å²) in [5.74, 6) is -3.22. The number of Topliss-reactive ketones (excluding diaryl/α,β-unsaturated/α-hetero) is 1. The number of ketones is 1. The molecule has 1 aromatic rings. The summed E-state index contributed by atoms with van der Waals surface area (Å²) < 4.78 is 6.46. The van der Waals surface area contributed by atoms with Crippen molar-refractivity contribution in [3.05, 3.63) is 18.2 Å². The van der Waals surface area contributed by atoms with E-state index in [4.69, 9.17) is 14.5 Å². The average molecular weight is 512 g/mol. The van der Waals surface area contributed by atoms with Gasteiger partial charge in [0, 0.05) is 61.4 Å². The van der Waals surface area contributed by atoms with Crippen molar-refractivity contribution in [2.24, 2.45) is 29.6 Å². The number of rotatable bonds is 8. The number of aromatic amines is 1. The molecule has 0 radical (unpaired) electrons. The summed E-state index contributed by atoms with van der Waals surface area (Å²) in [5, 5.41) is 11.6. The number of likely N-dealkylation sites (tertiary alicyclic amines) is 1. The molecule has 11 heteroatoms. The van der Waals surface area contributed by atoms with Crippen LogP contribution in [0.15, 0.2) is 12.5 Å². The van der Waals surface area contributed by atoms with Gasteiger partial charge < -0.3 is 24.5 Å². The number of H-pyrrole nitrogens is 1. The molecule has 192 valence electrons. The number of nitrogens with one attached hydrogen (secondary N) is 1. The third-order valence-corrected chi connectivity index (χ3v) is 8.82. The van der Waals surface area contributed by atoms with Crippen molar-refractivity contribution in [3.63, 3.8) is 0 Å². The van der Waals surface area contributed by atoms with Crippen molar-refractivity contribution in [1.82, 2.24) is 14.9 Å². The number of carbonyl (C=O) groups excluding carboxylic acids is 3. The fourth-order valence-electron chi connectivity index (χ4n) is 6.90. The van der Waals surface area contributed by atoms with Gasteiger partial charge in [-0.25, -0.2) is 14.8 Å². The van der Waals surface area contributed by atoms with Gasteiger partial charge in [-0.05, 0) is 44.4 Å². The normalized spacial score (nSPS) is 38.0. The zero-order valence-corrected chi connectivity index (χ0v) is 23.5. The Morgan fingerprint density at radius 3 is 2.72 bits per heavy atom. The van der Waals surface area contributed by atoms with E-state index < -0.39 is 29.5 Å². The van der Waals surface area contributed by atoms with Gasteiger partial charge in [-0.2, -0.15) is 0 Å². The Balaban J connectivity index is 0.00000304. The van der Waals surface area contributed by atoms with Crippen molar-refractivity contribution in [3.8, 4) is 0 Å². The van der Waals surface area contributed by atoms with Gasteiger partial charge in [0.15, 0.2) is 11.8 Å². The van der Waals surface area contributed by atoms with E-state index in [1.165, 1.54) is 12.5 Å². The minimum atomic E-state index is -1.28. The van der Waals surface area contributed by atoms with Gasteiger partial charge in [-0.1, -0.05) is 13.8 Å². The number of amides is 1. The largest absolute Gasteiger partial charge is 1.00 e. The Morgan fingerprint density at radius 1 is 1.25 bits per heavy atom. The summed E-state index contributed by atoms with van der Waals surface area (Å²) in [7, 11) is 0. The number of piperidine rings is 1. The predicted molar refractivity (Wildman–Crippen MR) is 119 cm³/mol. The van der Waals surface area contributed by atoms with Crippen molar-refractivity contribution in [1.29, 1.82) is 0 Å². The van der Waals surface area contributed by atoms with Crippen LogP contribution >= 0.6 is 0 Å². The molecule has 1 N–H and O–H groups in total. The second-order valence-electron chi connectivity index (χ2n) is 11.0. The predicted octanol–water partition coefficient (Wildman–Crippen LogP) is -1.63. The molecule has 36 heavy (non-hydrogen) atoms. The fourth-order valence-corrected chi connectivity index (χ4v) is 6.90. The zero-order chi connectivity index (χ0) is 25.0. The Labute approximate surface area is 233 Å². The summed E-state index contributed by atoms with van der Waals surface area (Å²) in [6.07, 6.45) is 5.80. The fraction of sp³-hybridized carbons (Fsp3) is 0.760. The van der Waals surface area contributed by atoms with Crippen LogP contribution in [0.2, 0.25) is 0 Å². The molecular formula is C25H34N3NaO7. The van der Waals surface area contributed by atoms with Crippen LogP contribution in [-0.4, -0.2) is 56.7 Å². The van der Waals surface area contributed by atoms with Gasteiger partial charge in [-0.15, -0.1) is 0 Å². The average Bonchev–Trinajstić information content (AvgIpc) is 3.22. The smallest absolute Gasteiger partial charge is 0.550 e. The molecule has 4 saturated heterocycles. The summed E-state index contributed by atoms with van der Waals surface area (Å²) in [5.41, 5.74) is -0.138. The van der Waals surface area contributed by atoms with E-state index >= 15 is 0 Å². The Kier molecular flexibility index (Phi) is 8.05. The van der Waals surface area contributed by atoms with Crippen LogP contribution in [0.1, 0.15) is 65.0 Å². The van der Waals surface area contributed by atoms with Crippen molar-refractivity contribution < 1.29 is 63.6 Å². The molecule has 5 aliphatic rings. The first-order valence-electron chi connectivity index (χ1n) is 12.7. The third kappa shape index (κ3) is 4.69. The second-order valence-corrected chi connectivity index (χ2v) is 11.0. The molecule has 6 rings (SSSR count). The minimum Gasteiger partial charge on any atom is -0.550 e. The van der Waals surface area contributed by atoms with Gasteiger partial charge in [0.25, 0.3) is 0 Å². The Morgan fingerprint density at radius 2 is 2.03 bits per heavy atom. The number of aromatic nitrogens is 2. The van der Waals surface area contributed by atoms with Crippen LogP contribution in [0.25, 0.3) is 0 Å². The number of hydrogen-bond acceptors (Lipinski definition) is 8. The van der Waals surface area contributed by atoms with E-state index in [1.54, 1.807) is 4.90 Å². The minimum absolute atomic E-state index is 0. The van der Waals surface area contributed by atoms with Gasteiger partial charge in [0.1, 0.15) is 5.78 Å². The summed E-state index contributed by atoms with van der Waals surface area (Å²) >= 11 is 0. The topological polar surface area (TPSA) is 134 Å². The van der Waals surface area contributed by atoms with E-state index in [-0.39, 0.29) is 84.8 Å². The van der Waals surface area contributed by atoms with Crippen molar-refractivity contribution >= 4 is 17.7 Å². The van der Waals surface area contributed by atoms with E-state index in [2.05, 4.69) is 16.9 Å². The molecule has 5 fully saturated rings. The Hall–Kier alpha value is -1.30. The molecule has 0 aromatic carbocycles. The number of fused-ring (bicyclic) bond motifs is 2. The van der Waals surface area contributed by atoms with Crippen molar-refractivity contribution in [2.45, 2.75) is 83.3 Å². The first kappa shape index (κ1) is 27.7. The molecule has 1 saturated carbocycles. The summed E-state index contributed by atoms with van der Waals surface area (Å²) in [6.45, 7) is 6.14. The number of carboxylic acid groups (broad SMARTS) is 1. The van der Waals surface area contributed by atoms with Crippen LogP contribution in [-0.2, 0) is 35.3 Å². The monoisotopic (exact) mass is 511 g/mol. The van der Waals surface area contributed by atoms with Crippen molar-refractivity contribution in [2.75, 3.05) is 6.54 Å². The molecule has 2 bridgehead atoms. The summed E-state index contributed by atoms with van der Waals surface area (Å²) in [4.78, 5) is 58.5. The molecule has 1 aliphatic carbocycles. The number of aliphatic carboxylic acids is 1. The number of hydrogen-bond donors (Lipinski definition) is 1. The molecule has 1 spiro atoms. The second kappa shape index (κ2) is 10.5. The first-order chi connectivity index (χ1) is 16.6. The maximum absolute atomic E-state index is 13.5. The molecule has 4 aliphatic heterocycles. The van der Waals surface area contributed by atoms with Gasteiger partial charge in [0.05, 0.1) is 6.33 Å².